The summed E-state index contributed by atoms with van der Waals surface area (Å²) in [5.41, 5.74) is 3.43. The van der Waals surface area contributed by atoms with Crippen LogP contribution >= 0.6 is 0 Å². The van der Waals surface area contributed by atoms with Gasteiger partial charge in [0, 0.05) is 17.8 Å². The van der Waals surface area contributed by atoms with Gasteiger partial charge in [-0.3, -0.25) is 14.5 Å². The largest absolute Gasteiger partial charge is 0.355 e. The summed E-state index contributed by atoms with van der Waals surface area (Å²) >= 11 is 0. The Hall–Kier alpha value is -2.27. The lowest BCUT2D eigenvalue weighted by Crippen LogP contribution is -2.36. The maximum absolute atomic E-state index is 13.0. The topological polar surface area (TPSA) is 53.2 Å². The molecule has 0 fully saturated rings. The van der Waals surface area contributed by atoms with Crippen molar-refractivity contribution in [2.24, 2.45) is 0 Å². The first-order valence-corrected chi connectivity index (χ1v) is 7.91. The molecular weight excluding hydrogens is 307 g/mol. The van der Waals surface area contributed by atoms with Gasteiger partial charge in [0.1, 0.15) is 5.82 Å². The second-order valence-corrected chi connectivity index (χ2v) is 6.26. The van der Waals surface area contributed by atoms with Crippen LogP contribution in [0.3, 0.4) is 0 Å². The lowest BCUT2D eigenvalue weighted by Gasteiger charge is -2.23. The van der Waals surface area contributed by atoms with Crippen LogP contribution in [0.4, 0.5) is 4.39 Å². The monoisotopic (exact) mass is 330 g/mol. The zero-order valence-corrected chi connectivity index (χ0v) is 14.7. The van der Waals surface area contributed by atoms with E-state index in [9.17, 15) is 14.0 Å². The number of likely N-dealkylation sites (N-methyl/N-ethyl adjacent to an activating group) is 1. The van der Waals surface area contributed by atoms with E-state index in [1.807, 2.05) is 18.9 Å². The van der Waals surface area contributed by atoms with Crippen LogP contribution in [-0.4, -0.2) is 34.5 Å². The predicted molar refractivity (Wildman–Crippen MR) is 91.9 cm³/mol. The van der Waals surface area contributed by atoms with Crippen molar-refractivity contribution in [3.8, 4) is 0 Å². The molecule has 0 amide bonds. The fourth-order valence-corrected chi connectivity index (χ4v) is 2.95. The Morgan fingerprint density at radius 3 is 2.29 bits per heavy atom. The number of aromatic amines is 1. The molecule has 0 aliphatic rings. The van der Waals surface area contributed by atoms with Gasteiger partial charge < -0.3 is 4.98 Å². The minimum Gasteiger partial charge on any atom is -0.355 e. The molecule has 1 aromatic carbocycles. The first kappa shape index (κ1) is 18.1. The van der Waals surface area contributed by atoms with Crippen LogP contribution in [0.5, 0.6) is 0 Å². The molecule has 0 aliphatic carbocycles. The summed E-state index contributed by atoms with van der Waals surface area (Å²) in [5, 5.41) is 0. The highest BCUT2D eigenvalue weighted by Gasteiger charge is 2.25. The Balaban J connectivity index is 2.18. The van der Waals surface area contributed by atoms with Gasteiger partial charge in [0.15, 0.2) is 11.6 Å². The quantitative estimate of drug-likeness (QED) is 0.822. The van der Waals surface area contributed by atoms with Crippen LogP contribution < -0.4 is 0 Å². The molecule has 128 valence electrons. The predicted octanol–water partition coefficient (Wildman–Crippen LogP) is 3.68. The number of hydrogen-bond donors (Lipinski definition) is 1. The van der Waals surface area contributed by atoms with E-state index < -0.39 is 0 Å². The highest BCUT2D eigenvalue weighted by Crippen LogP contribution is 2.21. The summed E-state index contributed by atoms with van der Waals surface area (Å²) in [5.74, 6) is -0.389. The molecular formula is C19H23FN2O2. The standard InChI is InChI=1S/C19H23FN2O2/c1-11-17(14(4)23)12(2)21-18(11)19(24)13(3)22(5)10-15-6-8-16(20)9-7-15/h6-9,13,21H,10H2,1-5H3/t13-/m1/s1. The molecule has 5 heteroatoms. The Bertz CT molecular complexity index is 762. The number of benzene rings is 1. The fourth-order valence-electron chi connectivity index (χ4n) is 2.95. The van der Waals surface area contributed by atoms with Crippen molar-refractivity contribution in [2.75, 3.05) is 7.05 Å². The fraction of sp³-hybridized carbons (Fsp3) is 0.368. The van der Waals surface area contributed by atoms with E-state index in [0.29, 0.717) is 23.4 Å². The van der Waals surface area contributed by atoms with Gasteiger partial charge >= 0.3 is 0 Å². The van der Waals surface area contributed by atoms with Crippen LogP contribution in [0.2, 0.25) is 0 Å². The molecule has 0 saturated carbocycles. The maximum Gasteiger partial charge on any atom is 0.196 e. The number of aromatic nitrogens is 1. The number of aryl methyl sites for hydroxylation is 1. The van der Waals surface area contributed by atoms with Gasteiger partial charge in [-0.1, -0.05) is 12.1 Å². The second kappa shape index (κ2) is 7.09. The molecule has 4 nitrogen and oxygen atoms in total. The molecule has 0 aliphatic heterocycles. The van der Waals surface area contributed by atoms with Crippen molar-refractivity contribution in [1.29, 1.82) is 0 Å². The van der Waals surface area contributed by atoms with Crippen LogP contribution in [0, 0.1) is 19.7 Å². The third-order valence-corrected chi connectivity index (χ3v) is 4.42. The zero-order chi connectivity index (χ0) is 18.0. The number of halogens is 1. The molecule has 2 aromatic rings. The number of rotatable bonds is 6. The summed E-state index contributed by atoms with van der Waals surface area (Å²) in [4.78, 5) is 29.5. The zero-order valence-electron chi connectivity index (χ0n) is 14.7. The number of carbonyl (C=O) groups is 2. The van der Waals surface area contributed by atoms with Crippen LogP contribution in [0.15, 0.2) is 24.3 Å². The van der Waals surface area contributed by atoms with E-state index in [1.165, 1.54) is 19.1 Å². The summed E-state index contributed by atoms with van der Waals surface area (Å²) in [7, 11) is 1.85. The van der Waals surface area contributed by atoms with Crippen molar-refractivity contribution in [3.63, 3.8) is 0 Å². The van der Waals surface area contributed by atoms with Crippen molar-refractivity contribution in [3.05, 3.63) is 58.2 Å². The average Bonchev–Trinajstić information content (AvgIpc) is 2.82. The van der Waals surface area contributed by atoms with Crippen molar-refractivity contribution >= 4 is 11.6 Å². The molecule has 0 spiro atoms. The minimum absolute atomic E-state index is 0.0485. The molecule has 24 heavy (non-hydrogen) atoms. The summed E-state index contributed by atoms with van der Waals surface area (Å²) < 4.78 is 13.0. The third-order valence-electron chi connectivity index (χ3n) is 4.42. The van der Waals surface area contributed by atoms with E-state index in [-0.39, 0.29) is 23.4 Å². The molecule has 0 unspecified atom stereocenters. The number of hydrogen-bond acceptors (Lipinski definition) is 3. The van der Waals surface area contributed by atoms with Gasteiger partial charge in [-0.15, -0.1) is 0 Å². The van der Waals surface area contributed by atoms with Crippen LogP contribution in [0.1, 0.15) is 51.5 Å². The van der Waals surface area contributed by atoms with Crippen LogP contribution in [0.25, 0.3) is 0 Å². The van der Waals surface area contributed by atoms with Gasteiger partial charge in [0.25, 0.3) is 0 Å². The van der Waals surface area contributed by atoms with Gasteiger partial charge in [-0.25, -0.2) is 4.39 Å². The summed E-state index contributed by atoms with van der Waals surface area (Å²) in [6.07, 6.45) is 0. The first-order chi connectivity index (χ1) is 11.2. The molecule has 0 bridgehead atoms. The second-order valence-electron chi connectivity index (χ2n) is 6.26. The Morgan fingerprint density at radius 2 is 1.79 bits per heavy atom. The summed E-state index contributed by atoms with van der Waals surface area (Å²) in [6, 6.07) is 5.87. The number of H-pyrrole nitrogens is 1. The van der Waals surface area contributed by atoms with E-state index in [0.717, 1.165) is 11.3 Å². The Labute approximate surface area is 141 Å². The molecule has 2 rings (SSSR count). The smallest absolute Gasteiger partial charge is 0.196 e. The molecule has 1 aromatic heterocycles. The van der Waals surface area contributed by atoms with Crippen molar-refractivity contribution < 1.29 is 14.0 Å². The normalized spacial score (nSPS) is 12.5. The van der Waals surface area contributed by atoms with Gasteiger partial charge in [-0.05, 0) is 58.0 Å². The first-order valence-electron chi connectivity index (χ1n) is 7.91. The van der Waals surface area contributed by atoms with Crippen LogP contribution in [-0.2, 0) is 6.54 Å². The minimum atomic E-state index is -0.369. The molecule has 0 radical (unpaired) electrons. The number of ketones is 2. The summed E-state index contributed by atoms with van der Waals surface area (Å²) in [6.45, 7) is 7.45. The molecule has 1 heterocycles. The van der Waals surface area contributed by atoms with E-state index >= 15 is 0 Å². The van der Waals surface area contributed by atoms with Crippen molar-refractivity contribution in [1.82, 2.24) is 9.88 Å². The number of nitrogens with one attached hydrogen (secondary N) is 1. The molecule has 1 atom stereocenters. The lowest BCUT2D eigenvalue weighted by atomic mass is 10.0. The van der Waals surface area contributed by atoms with Gasteiger partial charge in [0.2, 0.25) is 0 Å². The number of Topliss-reactive ketones (excluding diaryl/α,β-unsaturated/α-hetero) is 2. The van der Waals surface area contributed by atoms with Crippen molar-refractivity contribution in [2.45, 2.75) is 40.3 Å². The lowest BCUT2D eigenvalue weighted by molar-refractivity contribution is 0.0856. The van der Waals surface area contributed by atoms with E-state index in [4.69, 9.17) is 0 Å². The highest BCUT2D eigenvalue weighted by atomic mass is 19.1. The number of nitrogens with zero attached hydrogens (tertiary/aromatic N) is 1. The Morgan fingerprint density at radius 1 is 1.21 bits per heavy atom. The van der Waals surface area contributed by atoms with Gasteiger partial charge in [-0.2, -0.15) is 0 Å². The SMILES string of the molecule is CC(=O)c1c(C)[nH]c(C(=O)[C@@H](C)N(C)Cc2ccc(F)cc2)c1C. The van der Waals surface area contributed by atoms with E-state index in [2.05, 4.69) is 4.98 Å². The number of carbonyl (C=O) groups excluding carboxylic acids is 2. The maximum atomic E-state index is 13.0. The average molecular weight is 330 g/mol. The highest BCUT2D eigenvalue weighted by molar-refractivity contribution is 6.05. The Kier molecular flexibility index (Phi) is 5.34. The van der Waals surface area contributed by atoms with Gasteiger partial charge in [0.05, 0.1) is 11.7 Å². The third kappa shape index (κ3) is 3.62. The molecule has 1 N–H and O–H groups in total. The molecule has 0 saturated heterocycles. The van der Waals surface area contributed by atoms with E-state index in [1.54, 1.807) is 26.0 Å².